The molecule has 1 aromatic carbocycles. The van der Waals surface area contributed by atoms with Gasteiger partial charge in [0.15, 0.2) is 6.61 Å². The number of hydrogen-bond donors (Lipinski definition) is 2. The summed E-state index contributed by atoms with van der Waals surface area (Å²) in [7, 11) is 0. The maximum absolute atomic E-state index is 13.0. The number of carbonyl (C=O) groups excluding carboxylic acids is 2. The first-order valence-electron chi connectivity index (χ1n) is 10.3. The van der Waals surface area contributed by atoms with E-state index in [2.05, 4.69) is 15.6 Å². The molecule has 0 bridgehead atoms. The van der Waals surface area contributed by atoms with Crippen molar-refractivity contribution in [2.45, 2.75) is 39.7 Å². The van der Waals surface area contributed by atoms with Crippen LogP contribution in [-0.2, 0) is 24.2 Å². The minimum absolute atomic E-state index is 0.108. The lowest BCUT2D eigenvalue weighted by atomic mass is 10.1. The van der Waals surface area contributed by atoms with Gasteiger partial charge in [0.2, 0.25) is 0 Å². The lowest BCUT2D eigenvalue weighted by Crippen LogP contribution is -2.26. The van der Waals surface area contributed by atoms with Gasteiger partial charge in [0.25, 0.3) is 11.8 Å². The zero-order chi connectivity index (χ0) is 21.8. The number of anilines is 1. The zero-order valence-electron chi connectivity index (χ0n) is 17.7. The molecular formula is C24H25N3O3S. The van der Waals surface area contributed by atoms with Crippen LogP contribution in [0.3, 0.4) is 0 Å². The molecule has 0 aliphatic heterocycles. The Balaban J connectivity index is 1.45. The predicted molar refractivity (Wildman–Crippen MR) is 122 cm³/mol. The molecule has 2 heterocycles. The zero-order valence-corrected chi connectivity index (χ0v) is 18.5. The maximum Gasteiger partial charge on any atom is 0.262 e. The number of pyridine rings is 1. The number of thiophene rings is 1. The van der Waals surface area contributed by atoms with Gasteiger partial charge < -0.3 is 15.4 Å². The second-order valence-corrected chi connectivity index (χ2v) is 8.75. The molecule has 0 unspecified atom stereocenters. The summed E-state index contributed by atoms with van der Waals surface area (Å²) in [6.07, 6.45) is 6.26. The number of nitrogens with zero attached hydrogens (tertiary/aromatic N) is 1. The summed E-state index contributed by atoms with van der Waals surface area (Å²) in [6, 6.07) is 9.52. The summed E-state index contributed by atoms with van der Waals surface area (Å²) in [5.41, 5.74) is 4.69. The predicted octanol–water partition coefficient (Wildman–Crippen LogP) is 4.20. The number of benzene rings is 1. The molecule has 3 aromatic rings. The Labute approximate surface area is 185 Å². The number of nitrogens with one attached hydrogen (secondary N) is 2. The lowest BCUT2D eigenvalue weighted by molar-refractivity contribution is -0.118. The van der Waals surface area contributed by atoms with Crippen LogP contribution in [0.2, 0.25) is 0 Å². The van der Waals surface area contributed by atoms with E-state index in [9.17, 15) is 9.59 Å². The Hall–Kier alpha value is -3.19. The smallest absolute Gasteiger partial charge is 0.262 e. The largest absolute Gasteiger partial charge is 0.483 e. The molecule has 0 atom stereocenters. The van der Waals surface area contributed by atoms with Crippen LogP contribution in [0.25, 0.3) is 0 Å². The van der Waals surface area contributed by atoms with Crippen molar-refractivity contribution in [3.05, 3.63) is 75.4 Å². The number of hydrogen-bond acceptors (Lipinski definition) is 5. The monoisotopic (exact) mass is 435 g/mol. The minimum Gasteiger partial charge on any atom is -0.483 e. The number of carbonyl (C=O) groups is 2. The number of aryl methyl sites for hydroxylation is 2. The molecule has 0 saturated heterocycles. The Bertz CT molecular complexity index is 1110. The molecule has 31 heavy (non-hydrogen) atoms. The molecule has 2 N–H and O–H groups in total. The van der Waals surface area contributed by atoms with E-state index in [4.69, 9.17) is 4.74 Å². The van der Waals surface area contributed by atoms with E-state index in [-0.39, 0.29) is 18.4 Å². The van der Waals surface area contributed by atoms with Gasteiger partial charge in [-0.15, -0.1) is 11.3 Å². The maximum atomic E-state index is 13.0. The van der Waals surface area contributed by atoms with Gasteiger partial charge in [-0.2, -0.15) is 0 Å². The Morgan fingerprint density at radius 2 is 2.03 bits per heavy atom. The van der Waals surface area contributed by atoms with Gasteiger partial charge in [-0.1, -0.05) is 18.2 Å². The Kier molecular flexibility index (Phi) is 6.32. The van der Waals surface area contributed by atoms with Gasteiger partial charge in [-0.25, -0.2) is 0 Å². The summed E-state index contributed by atoms with van der Waals surface area (Å²) < 4.78 is 5.72. The third-order valence-corrected chi connectivity index (χ3v) is 6.70. The Morgan fingerprint density at radius 1 is 1.16 bits per heavy atom. The highest BCUT2D eigenvalue weighted by Gasteiger charge is 2.27. The first-order chi connectivity index (χ1) is 15.0. The van der Waals surface area contributed by atoms with E-state index >= 15 is 0 Å². The highest BCUT2D eigenvalue weighted by atomic mass is 32.1. The number of ether oxygens (including phenoxy) is 1. The van der Waals surface area contributed by atoms with E-state index in [1.165, 1.54) is 16.2 Å². The van der Waals surface area contributed by atoms with Gasteiger partial charge >= 0.3 is 0 Å². The van der Waals surface area contributed by atoms with E-state index in [1.807, 2.05) is 44.2 Å². The average Bonchev–Trinajstić information content (AvgIpc) is 3.34. The van der Waals surface area contributed by atoms with Gasteiger partial charge in [-0.3, -0.25) is 14.6 Å². The number of fused-ring (bicyclic) bond motifs is 1. The summed E-state index contributed by atoms with van der Waals surface area (Å²) >= 11 is 1.49. The second kappa shape index (κ2) is 9.31. The molecule has 4 rings (SSSR count). The molecule has 0 fully saturated rings. The van der Waals surface area contributed by atoms with Crippen LogP contribution in [0.5, 0.6) is 5.75 Å². The summed E-state index contributed by atoms with van der Waals surface area (Å²) in [5, 5.41) is 6.47. The van der Waals surface area contributed by atoms with Crippen molar-refractivity contribution in [3.63, 3.8) is 0 Å². The first-order valence-corrected chi connectivity index (χ1v) is 11.1. The van der Waals surface area contributed by atoms with Gasteiger partial charge in [0.05, 0.1) is 5.56 Å². The fourth-order valence-electron chi connectivity index (χ4n) is 3.69. The molecule has 0 spiro atoms. The van der Waals surface area contributed by atoms with Crippen molar-refractivity contribution in [2.24, 2.45) is 0 Å². The normalized spacial score (nSPS) is 12.3. The topological polar surface area (TPSA) is 80.3 Å². The van der Waals surface area contributed by atoms with Crippen molar-refractivity contribution in [1.29, 1.82) is 0 Å². The molecule has 1 aliphatic carbocycles. The number of amides is 2. The Morgan fingerprint density at radius 3 is 2.84 bits per heavy atom. The summed E-state index contributed by atoms with van der Waals surface area (Å²) in [6.45, 7) is 4.26. The summed E-state index contributed by atoms with van der Waals surface area (Å²) in [5.74, 6) is 0.245. The van der Waals surface area contributed by atoms with Crippen LogP contribution in [0.15, 0.2) is 42.7 Å². The van der Waals surface area contributed by atoms with Crippen LogP contribution in [-0.4, -0.2) is 23.4 Å². The molecule has 6 nitrogen and oxygen atoms in total. The quantitative estimate of drug-likeness (QED) is 0.583. The molecule has 160 valence electrons. The van der Waals surface area contributed by atoms with Gasteiger partial charge in [-0.05, 0) is 67.5 Å². The third kappa shape index (κ3) is 4.77. The molecule has 2 amide bonds. The standard InChI is InChI=1S/C24H25N3O3S/c1-15-6-3-9-19(16(15)2)30-14-21(28)27-24-22(18-8-4-10-20(18)31-24)23(29)26-13-17-7-5-11-25-12-17/h3,5-7,9,11-12H,4,8,10,13-14H2,1-2H3,(H,26,29)(H,27,28). The fraction of sp³-hybridized carbons (Fsp3) is 0.292. The van der Waals surface area contributed by atoms with E-state index in [1.54, 1.807) is 12.4 Å². The molecule has 2 aromatic heterocycles. The van der Waals surface area contributed by atoms with Crippen molar-refractivity contribution in [1.82, 2.24) is 10.3 Å². The van der Waals surface area contributed by atoms with E-state index in [0.717, 1.165) is 41.5 Å². The van der Waals surface area contributed by atoms with Crippen LogP contribution in [0, 0.1) is 13.8 Å². The van der Waals surface area contributed by atoms with Crippen LogP contribution in [0.1, 0.15) is 43.9 Å². The van der Waals surface area contributed by atoms with Crippen LogP contribution < -0.4 is 15.4 Å². The van der Waals surface area contributed by atoms with Gasteiger partial charge in [0.1, 0.15) is 10.8 Å². The lowest BCUT2D eigenvalue weighted by Gasteiger charge is -2.12. The van der Waals surface area contributed by atoms with Crippen molar-refractivity contribution in [2.75, 3.05) is 11.9 Å². The third-order valence-electron chi connectivity index (χ3n) is 5.49. The van der Waals surface area contributed by atoms with E-state index in [0.29, 0.717) is 22.9 Å². The highest BCUT2D eigenvalue weighted by Crippen LogP contribution is 2.39. The van der Waals surface area contributed by atoms with Crippen molar-refractivity contribution in [3.8, 4) is 5.75 Å². The van der Waals surface area contributed by atoms with Crippen molar-refractivity contribution < 1.29 is 14.3 Å². The SMILES string of the molecule is Cc1cccc(OCC(=O)Nc2sc3c(c2C(=O)NCc2cccnc2)CCC3)c1C. The first kappa shape index (κ1) is 21.1. The molecule has 0 radical (unpaired) electrons. The summed E-state index contributed by atoms with van der Waals surface area (Å²) in [4.78, 5) is 30.8. The average molecular weight is 436 g/mol. The second-order valence-electron chi connectivity index (χ2n) is 7.64. The molecular weight excluding hydrogens is 410 g/mol. The van der Waals surface area contributed by atoms with E-state index < -0.39 is 0 Å². The minimum atomic E-state index is -0.276. The number of aromatic nitrogens is 1. The van der Waals surface area contributed by atoms with Gasteiger partial charge in [0, 0.05) is 23.8 Å². The van der Waals surface area contributed by atoms with Crippen LogP contribution >= 0.6 is 11.3 Å². The van der Waals surface area contributed by atoms with Crippen molar-refractivity contribution >= 4 is 28.2 Å². The molecule has 1 aliphatic rings. The molecule has 0 saturated carbocycles. The number of rotatable bonds is 7. The highest BCUT2D eigenvalue weighted by molar-refractivity contribution is 7.17. The molecule has 7 heteroatoms. The van der Waals surface area contributed by atoms with Crippen LogP contribution in [0.4, 0.5) is 5.00 Å². The fourth-order valence-corrected chi connectivity index (χ4v) is 5.00.